The zero-order chi connectivity index (χ0) is 45.8. The van der Waals surface area contributed by atoms with Crippen LogP contribution in [0.4, 0.5) is 0 Å². The minimum Gasteiger partial charge on any atom is -0.462 e. The normalized spacial score (nSPS) is 13.0. The predicted molar refractivity (Wildman–Crippen MR) is 270 cm³/mol. The van der Waals surface area contributed by atoms with E-state index in [1.165, 1.54) is 70.6 Å². The molecule has 0 aromatic heterocycles. The van der Waals surface area contributed by atoms with Crippen molar-refractivity contribution in [3.8, 4) is 0 Å². The van der Waals surface area contributed by atoms with Crippen molar-refractivity contribution in [2.24, 2.45) is 0 Å². The fourth-order valence-electron chi connectivity index (χ4n) is 6.43. The van der Waals surface area contributed by atoms with Crippen molar-refractivity contribution < 1.29 is 28.6 Å². The molecular weight excluding hydrogens is 781 g/mol. The van der Waals surface area contributed by atoms with Crippen molar-refractivity contribution in [3.05, 3.63) is 109 Å². The number of unbranched alkanes of at least 4 members (excludes halogenated alkanes) is 15. The highest BCUT2D eigenvalue weighted by Crippen LogP contribution is 2.11. The molecule has 6 heteroatoms. The maximum absolute atomic E-state index is 12.8. The summed E-state index contributed by atoms with van der Waals surface area (Å²) in [6, 6.07) is 0. The summed E-state index contributed by atoms with van der Waals surface area (Å²) in [5.74, 6) is -1.05. The van der Waals surface area contributed by atoms with E-state index in [0.29, 0.717) is 19.3 Å². The molecular formula is C57H92O6. The zero-order valence-corrected chi connectivity index (χ0v) is 40.5. The SMILES string of the molecule is CC/C=C\C/C=C\C/C=C\C/C=C\C/C=C\CCCCCC(=O)OCC(COC(=O)CCC/C=C\CCCCCC)OC(=O)CCC/C=C\C/C=C\C/C=C\CCCCCCCC. The Hall–Kier alpha value is -3.93. The van der Waals surface area contributed by atoms with Crippen LogP contribution in [0, 0.1) is 0 Å². The first-order valence-corrected chi connectivity index (χ1v) is 25.4. The fraction of sp³-hybridized carbons (Fsp3) is 0.632. The maximum atomic E-state index is 12.8. The van der Waals surface area contributed by atoms with Gasteiger partial charge in [-0.1, -0.05) is 188 Å². The lowest BCUT2D eigenvalue weighted by Crippen LogP contribution is -2.30. The van der Waals surface area contributed by atoms with Gasteiger partial charge in [-0.15, -0.1) is 0 Å². The Labute approximate surface area is 387 Å². The lowest BCUT2D eigenvalue weighted by Gasteiger charge is -2.18. The van der Waals surface area contributed by atoms with E-state index in [2.05, 4.69) is 130 Å². The van der Waals surface area contributed by atoms with Crippen LogP contribution in [0.1, 0.15) is 213 Å². The van der Waals surface area contributed by atoms with E-state index in [-0.39, 0.29) is 44.0 Å². The van der Waals surface area contributed by atoms with Crippen LogP contribution in [0.3, 0.4) is 0 Å². The highest BCUT2D eigenvalue weighted by Gasteiger charge is 2.19. The van der Waals surface area contributed by atoms with E-state index in [0.717, 1.165) is 89.9 Å². The van der Waals surface area contributed by atoms with E-state index in [1.54, 1.807) is 0 Å². The van der Waals surface area contributed by atoms with Crippen LogP contribution in [0.15, 0.2) is 109 Å². The van der Waals surface area contributed by atoms with Crippen LogP contribution < -0.4 is 0 Å². The Morgan fingerprint density at radius 1 is 0.333 bits per heavy atom. The highest BCUT2D eigenvalue weighted by molar-refractivity contribution is 5.71. The summed E-state index contributed by atoms with van der Waals surface area (Å²) in [5, 5.41) is 0. The van der Waals surface area contributed by atoms with Crippen LogP contribution in [-0.4, -0.2) is 37.2 Å². The van der Waals surface area contributed by atoms with Crippen LogP contribution in [0.2, 0.25) is 0 Å². The third kappa shape index (κ3) is 49.0. The van der Waals surface area contributed by atoms with E-state index in [4.69, 9.17) is 14.2 Å². The number of ether oxygens (including phenoxy) is 3. The number of hydrogen-bond acceptors (Lipinski definition) is 6. The van der Waals surface area contributed by atoms with Crippen molar-refractivity contribution in [2.75, 3.05) is 13.2 Å². The molecule has 0 aliphatic rings. The molecule has 63 heavy (non-hydrogen) atoms. The standard InChI is InChI=1S/C57H92O6/c1-4-7-10-13-16-19-21-23-25-27-28-30-31-33-35-38-41-44-47-50-56(59)62-53-54(52-61-55(58)49-46-43-40-37-18-15-12-9-6-3)63-57(60)51-48-45-42-39-36-34-32-29-26-24-22-20-17-14-11-8-5-2/h7,10,16,19,23-26,28,30,32-35,37,39-40,42,54H,4-6,8-9,11-15,17-18,20-22,27,29,31,36,38,41,43-53H2,1-3H3/b10-7-,19-16-,25-23-,26-24-,30-28-,34-32-,35-33-,40-37-,42-39-. The van der Waals surface area contributed by atoms with E-state index >= 15 is 0 Å². The Kier molecular flexibility index (Phi) is 47.5. The first-order chi connectivity index (χ1) is 31.0. The van der Waals surface area contributed by atoms with Gasteiger partial charge in [0, 0.05) is 19.3 Å². The molecule has 356 valence electrons. The van der Waals surface area contributed by atoms with Crippen molar-refractivity contribution in [3.63, 3.8) is 0 Å². The van der Waals surface area contributed by atoms with Crippen LogP contribution in [-0.2, 0) is 28.6 Å². The molecule has 0 aliphatic heterocycles. The molecule has 0 saturated heterocycles. The monoisotopic (exact) mass is 873 g/mol. The van der Waals surface area contributed by atoms with Crippen LogP contribution in [0.5, 0.6) is 0 Å². The average Bonchev–Trinajstić information content (AvgIpc) is 3.28. The minimum atomic E-state index is -0.829. The van der Waals surface area contributed by atoms with Crippen molar-refractivity contribution in [2.45, 2.75) is 219 Å². The van der Waals surface area contributed by atoms with Crippen LogP contribution >= 0.6 is 0 Å². The summed E-state index contributed by atoms with van der Waals surface area (Å²) in [5.41, 5.74) is 0. The van der Waals surface area contributed by atoms with E-state index in [1.807, 2.05) is 0 Å². The third-order valence-electron chi connectivity index (χ3n) is 10.2. The van der Waals surface area contributed by atoms with Gasteiger partial charge in [0.05, 0.1) is 0 Å². The fourth-order valence-corrected chi connectivity index (χ4v) is 6.43. The molecule has 0 aromatic rings. The van der Waals surface area contributed by atoms with Gasteiger partial charge in [-0.3, -0.25) is 14.4 Å². The molecule has 0 saturated carbocycles. The molecule has 0 aromatic carbocycles. The largest absolute Gasteiger partial charge is 0.462 e. The van der Waals surface area contributed by atoms with Gasteiger partial charge in [-0.05, 0) is 116 Å². The Morgan fingerprint density at radius 3 is 1.06 bits per heavy atom. The molecule has 1 unspecified atom stereocenters. The first kappa shape index (κ1) is 59.1. The Morgan fingerprint density at radius 2 is 0.635 bits per heavy atom. The molecule has 0 heterocycles. The maximum Gasteiger partial charge on any atom is 0.306 e. The number of carbonyl (C=O) groups is 3. The van der Waals surface area contributed by atoms with Gasteiger partial charge in [0.15, 0.2) is 6.10 Å². The lowest BCUT2D eigenvalue weighted by molar-refractivity contribution is -0.167. The summed E-state index contributed by atoms with van der Waals surface area (Å²) < 4.78 is 16.6. The van der Waals surface area contributed by atoms with Crippen molar-refractivity contribution in [1.82, 2.24) is 0 Å². The van der Waals surface area contributed by atoms with Gasteiger partial charge in [0.25, 0.3) is 0 Å². The molecule has 0 rings (SSSR count). The number of carbonyl (C=O) groups excluding carboxylic acids is 3. The Bertz CT molecular complexity index is 1330. The number of esters is 3. The highest BCUT2D eigenvalue weighted by atomic mass is 16.6. The smallest absolute Gasteiger partial charge is 0.306 e. The zero-order valence-electron chi connectivity index (χ0n) is 40.5. The second-order valence-corrected chi connectivity index (χ2v) is 16.3. The summed E-state index contributed by atoms with van der Waals surface area (Å²) in [4.78, 5) is 37.8. The summed E-state index contributed by atoms with van der Waals surface area (Å²) in [6.07, 6.45) is 68.1. The molecule has 0 aliphatic carbocycles. The molecule has 0 N–H and O–H groups in total. The second-order valence-electron chi connectivity index (χ2n) is 16.3. The topological polar surface area (TPSA) is 78.9 Å². The van der Waals surface area contributed by atoms with Gasteiger partial charge in [-0.2, -0.15) is 0 Å². The molecule has 1 atom stereocenters. The first-order valence-electron chi connectivity index (χ1n) is 25.4. The minimum absolute atomic E-state index is 0.126. The molecule has 0 bridgehead atoms. The van der Waals surface area contributed by atoms with Crippen molar-refractivity contribution >= 4 is 17.9 Å². The van der Waals surface area contributed by atoms with Crippen molar-refractivity contribution in [1.29, 1.82) is 0 Å². The number of rotatable bonds is 44. The average molecular weight is 873 g/mol. The van der Waals surface area contributed by atoms with Gasteiger partial charge >= 0.3 is 17.9 Å². The summed E-state index contributed by atoms with van der Waals surface area (Å²) in [6.45, 7) is 6.36. The summed E-state index contributed by atoms with van der Waals surface area (Å²) in [7, 11) is 0. The molecule has 0 amide bonds. The van der Waals surface area contributed by atoms with Gasteiger partial charge < -0.3 is 14.2 Å². The molecule has 6 nitrogen and oxygen atoms in total. The second kappa shape index (κ2) is 50.7. The van der Waals surface area contributed by atoms with Gasteiger partial charge in [0.2, 0.25) is 0 Å². The van der Waals surface area contributed by atoms with Gasteiger partial charge in [-0.25, -0.2) is 0 Å². The van der Waals surface area contributed by atoms with Gasteiger partial charge in [0.1, 0.15) is 13.2 Å². The lowest BCUT2D eigenvalue weighted by atomic mass is 10.1. The predicted octanol–water partition coefficient (Wildman–Crippen LogP) is 16.8. The summed E-state index contributed by atoms with van der Waals surface area (Å²) >= 11 is 0. The molecule has 0 fully saturated rings. The van der Waals surface area contributed by atoms with Crippen LogP contribution in [0.25, 0.3) is 0 Å². The number of allylic oxidation sites excluding steroid dienone is 18. The molecule has 0 radical (unpaired) electrons. The molecule has 0 spiro atoms. The van der Waals surface area contributed by atoms with E-state index in [9.17, 15) is 14.4 Å². The Balaban J connectivity index is 4.51. The third-order valence-corrected chi connectivity index (χ3v) is 10.2. The number of hydrogen-bond donors (Lipinski definition) is 0. The quantitative estimate of drug-likeness (QED) is 0.0263. The van der Waals surface area contributed by atoms with E-state index < -0.39 is 6.10 Å².